The lowest BCUT2D eigenvalue weighted by Crippen LogP contribution is -2.37. The Morgan fingerprint density at radius 1 is 1.37 bits per heavy atom. The van der Waals surface area contributed by atoms with Crippen LogP contribution in [0.3, 0.4) is 0 Å². The normalized spacial score (nSPS) is 18.3. The lowest BCUT2D eigenvalue weighted by Gasteiger charge is -2.30. The summed E-state index contributed by atoms with van der Waals surface area (Å²) >= 11 is 0. The highest BCUT2D eigenvalue weighted by Gasteiger charge is 2.21. The van der Waals surface area contributed by atoms with Crippen molar-refractivity contribution in [2.45, 2.75) is 25.5 Å². The van der Waals surface area contributed by atoms with E-state index < -0.39 is 10.8 Å². The van der Waals surface area contributed by atoms with Gasteiger partial charge in [0.25, 0.3) is 5.91 Å². The largest absolute Gasteiger partial charge is 0.339 e. The fourth-order valence-electron chi connectivity index (χ4n) is 2.42. The summed E-state index contributed by atoms with van der Waals surface area (Å²) in [4.78, 5) is 14.3. The Bertz CT molecular complexity index is 479. The Kier molecular flexibility index (Phi) is 4.75. The van der Waals surface area contributed by atoms with Crippen molar-refractivity contribution in [3.05, 3.63) is 35.4 Å². The van der Waals surface area contributed by atoms with Crippen LogP contribution in [0.5, 0.6) is 0 Å². The van der Waals surface area contributed by atoms with Crippen molar-refractivity contribution in [2.24, 2.45) is 5.92 Å². The number of benzene rings is 1. The van der Waals surface area contributed by atoms with Crippen LogP contribution < -0.4 is 0 Å². The summed E-state index contributed by atoms with van der Waals surface area (Å²) in [7, 11) is -0.872. The maximum atomic E-state index is 12.4. The average molecular weight is 279 g/mol. The molecule has 19 heavy (non-hydrogen) atoms. The number of carbonyl (C=O) groups is 1. The second-order valence-electron chi connectivity index (χ2n) is 5.39. The number of hydrogen-bond acceptors (Lipinski definition) is 2. The van der Waals surface area contributed by atoms with E-state index in [9.17, 15) is 9.00 Å². The number of amides is 1. The molecule has 0 N–H and O–H groups in total. The Morgan fingerprint density at radius 3 is 2.68 bits per heavy atom. The summed E-state index contributed by atoms with van der Waals surface area (Å²) in [5.41, 5.74) is 1.69. The maximum absolute atomic E-state index is 12.4. The quantitative estimate of drug-likeness (QED) is 0.852. The van der Waals surface area contributed by atoms with Gasteiger partial charge in [0.1, 0.15) is 0 Å². The second-order valence-corrected chi connectivity index (χ2v) is 6.83. The molecule has 1 aliphatic heterocycles. The molecule has 4 heteroatoms. The molecule has 104 valence electrons. The second kappa shape index (κ2) is 6.33. The van der Waals surface area contributed by atoms with Crippen LogP contribution in [-0.2, 0) is 16.6 Å². The molecule has 0 bridgehead atoms. The zero-order valence-corrected chi connectivity index (χ0v) is 12.4. The first kappa shape index (κ1) is 14.3. The molecule has 0 aliphatic carbocycles. The van der Waals surface area contributed by atoms with E-state index in [-0.39, 0.29) is 5.91 Å². The minimum atomic E-state index is -0.872. The predicted molar refractivity (Wildman–Crippen MR) is 78.5 cm³/mol. The van der Waals surface area contributed by atoms with Crippen LogP contribution in [0.15, 0.2) is 24.3 Å². The van der Waals surface area contributed by atoms with E-state index in [0.717, 1.165) is 43.0 Å². The van der Waals surface area contributed by atoms with Gasteiger partial charge in [0.2, 0.25) is 0 Å². The first-order valence-corrected chi connectivity index (χ1v) is 8.47. The molecular weight excluding hydrogens is 258 g/mol. The first-order valence-electron chi connectivity index (χ1n) is 6.74. The first-order chi connectivity index (χ1) is 9.06. The minimum Gasteiger partial charge on any atom is -0.339 e. The van der Waals surface area contributed by atoms with Gasteiger partial charge in [-0.3, -0.25) is 9.00 Å². The fourth-order valence-corrected chi connectivity index (χ4v) is 3.07. The number of nitrogens with zero attached hydrogens (tertiary/aromatic N) is 1. The van der Waals surface area contributed by atoms with E-state index in [1.807, 2.05) is 29.2 Å². The predicted octanol–water partition coefficient (Wildman–Crippen LogP) is 2.44. The van der Waals surface area contributed by atoms with Crippen molar-refractivity contribution in [2.75, 3.05) is 19.3 Å². The number of rotatable bonds is 3. The van der Waals surface area contributed by atoms with Crippen molar-refractivity contribution in [1.82, 2.24) is 4.90 Å². The lowest BCUT2D eigenvalue weighted by atomic mass is 9.98. The van der Waals surface area contributed by atoms with Crippen molar-refractivity contribution in [1.29, 1.82) is 0 Å². The Balaban J connectivity index is 2.08. The number of likely N-dealkylation sites (tertiary alicyclic amines) is 1. The molecule has 1 fully saturated rings. The molecule has 1 heterocycles. The highest BCUT2D eigenvalue weighted by atomic mass is 32.2. The van der Waals surface area contributed by atoms with E-state index >= 15 is 0 Å². The summed E-state index contributed by atoms with van der Waals surface area (Å²) in [6, 6.07) is 7.53. The molecular formula is C15H21NO2S. The van der Waals surface area contributed by atoms with Gasteiger partial charge in [-0.1, -0.05) is 19.1 Å². The van der Waals surface area contributed by atoms with Crippen molar-refractivity contribution < 1.29 is 9.00 Å². The fraction of sp³-hybridized carbons (Fsp3) is 0.533. The molecule has 0 spiro atoms. The van der Waals surface area contributed by atoms with Gasteiger partial charge >= 0.3 is 0 Å². The standard InChI is InChI=1S/C15H21NO2S/c1-12-6-8-16(9-7-12)15(17)14-5-3-4-13(10-14)11-19(2)18/h3-5,10,12H,6-9,11H2,1-2H3. The van der Waals surface area contributed by atoms with Gasteiger partial charge < -0.3 is 4.90 Å². The summed E-state index contributed by atoms with van der Waals surface area (Å²) in [6.07, 6.45) is 3.86. The number of piperidine rings is 1. The molecule has 1 unspecified atom stereocenters. The van der Waals surface area contributed by atoms with E-state index in [2.05, 4.69) is 6.92 Å². The van der Waals surface area contributed by atoms with Gasteiger partial charge in [0.15, 0.2) is 0 Å². The Morgan fingerprint density at radius 2 is 2.05 bits per heavy atom. The van der Waals surface area contributed by atoms with E-state index in [4.69, 9.17) is 0 Å². The van der Waals surface area contributed by atoms with Gasteiger partial charge in [-0.05, 0) is 36.5 Å². The third-order valence-electron chi connectivity index (χ3n) is 3.61. The molecule has 1 amide bonds. The Hall–Kier alpha value is -1.16. The maximum Gasteiger partial charge on any atom is 0.253 e. The van der Waals surface area contributed by atoms with Gasteiger partial charge in [-0.2, -0.15) is 0 Å². The molecule has 0 saturated carbocycles. The van der Waals surface area contributed by atoms with Gasteiger partial charge in [0, 0.05) is 41.5 Å². The van der Waals surface area contributed by atoms with Crippen LogP contribution in [0.25, 0.3) is 0 Å². The molecule has 1 atom stereocenters. The van der Waals surface area contributed by atoms with Crippen LogP contribution in [-0.4, -0.2) is 34.4 Å². The van der Waals surface area contributed by atoms with E-state index in [1.54, 1.807) is 6.26 Å². The van der Waals surface area contributed by atoms with Crippen LogP contribution in [0.2, 0.25) is 0 Å². The highest BCUT2D eigenvalue weighted by Crippen LogP contribution is 2.18. The average Bonchev–Trinajstić information content (AvgIpc) is 2.38. The minimum absolute atomic E-state index is 0.107. The smallest absolute Gasteiger partial charge is 0.253 e. The van der Waals surface area contributed by atoms with Crippen molar-refractivity contribution >= 4 is 16.7 Å². The van der Waals surface area contributed by atoms with Crippen molar-refractivity contribution in [3.63, 3.8) is 0 Å². The SMILES string of the molecule is CC1CCN(C(=O)c2cccc(CS(C)=O)c2)CC1. The van der Waals surface area contributed by atoms with Gasteiger partial charge in [-0.25, -0.2) is 0 Å². The van der Waals surface area contributed by atoms with Gasteiger partial charge in [0.05, 0.1) is 0 Å². The summed E-state index contributed by atoms with van der Waals surface area (Å²) in [5.74, 6) is 1.34. The number of carbonyl (C=O) groups excluding carboxylic acids is 1. The Labute approximate surface area is 117 Å². The zero-order valence-electron chi connectivity index (χ0n) is 11.6. The van der Waals surface area contributed by atoms with E-state index in [0.29, 0.717) is 5.75 Å². The highest BCUT2D eigenvalue weighted by molar-refractivity contribution is 7.83. The van der Waals surface area contributed by atoms with Gasteiger partial charge in [-0.15, -0.1) is 0 Å². The number of hydrogen-bond donors (Lipinski definition) is 0. The molecule has 0 aromatic heterocycles. The topological polar surface area (TPSA) is 37.4 Å². The van der Waals surface area contributed by atoms with Crippen LogP contribution >= 0.6 is 0 Å². The van der Waals surface area contributed by atoms with Crippen LogP contribution in [0.4, 0.5) is 0 Å². The third-order valence-corrected chi connectivity index (χ3v) is 4.35. The molecule has 3 nitrogen and oxygen atoms in total. The zero-order chi connectivity index (χ0) is 13.8. The molecule has 1 saturated heterocycles. The molecule has 2 rings (SSSR count). The molecule has 0 radical (unpaired) electrons. The molecule has 1 aromatic rings. The van der Waals surface area contributed by atoms with Crippen LogP contribution in [0.1, 0.15) is 35.7 Å². The summed E-state index contributed by atoms with van der Waals surface area (Å²) in [5, 5.41) is 0. The summed E-state index contributed by atoms with van der Waals surface area (Å²) in [6.45, 7) is 3.94. The lowest BCUT2D eigenvalue weighted by molar-refractivity contribution is 0.0697. The van der Waals surface area contributed by atoms with Crippen LogP contribution in [0, 0.1) is 5.92 Å². The molecule has 1 aliphatic rings. The van der Waals surface area contributed by atoms with Crippen molar-refractivity contribution in [3.8, 4) is 0 Å². The third kappa shape index (κ3) is 3.90. The monoisotopic (exact) mass is 279 g/mol. The van der Waals surface area contributed by atoms with E-state index in [1.165, 1.54) is 0 Å². The molecule has 1 aromatic carbocycles. The summed E-state index contributed by atoms with van der Waals surface area (Å²) < 4.78 is 11.2.